The van der Waals surface area contributed by atoms with Crippen LogP contribution in [0.2, 0.25) is 0 Å². The van der Waals surface area contributed by atoms with Crippen molar-refractivity contribution in [2.24, 2.45) is 23.0 Å². The quantitative estimate of drug-likeness (QED) is 0.750. The number of hydrogen-bond donors (Lipinski definition) is 1. The highest BCUT2D eigenvalue weighted by atomic mass is 14.7. The molecule has 88 valence electrons. The van der Waals surface area contributed by atoms with E-state index in [9.17, 15) is 0 Å². The van der Waals surface area contributed by atoms with Gasteiger partial charge in [0.25, 0.3) is 0 Å². The first kappa shape index (κ1) is 11.4. The Bertz CT molecular complexity index is 202. The summed E-state index contributed by atoms with van der Waals surface area (Å²) in [6.07, 6.45) is 13.0. The van der Waals surface area contributed by atoms with Crippen molar-refractivity contribution in [3.05, 3.63) is 0 Å². The second-order valence-electron chi connectivity index (χ2n) is 5.80. The maximum absolute atomic E-state index is 6.14. The summed E-state index contributed by atoms with van der Waals surface area (Å²) in [6, 6.07) is 0. The van der Waals surface area contributed by atoms with Crippen molar-refractivity contribution in [3.8, 4) is 0 Å². The van der Waals surface area contributed by atoms with E-state index in [1.165, 1.54) is 57.8 Å². The standard InChI is InChI=1S/C14H27N/c1-2-3-6-12-8-9-13-7-4-5-10-14(12,13)11-15/h12-13H,2-11,15H2,1H3. The predicted octanol–water partition coefficient (Wildman–Crippen LogP) is 3.72. The van der Waals surface area contributed by atoms with Crippen LogP contribution in [0.25, 0.3) is 0 Å². The summed E-state index contributed by atoms with van der Waals surface area (Å²) in [4.78, 5) is 0. The topological polar surface area (TPSA) is 26.0 Å². The molecule has 0 spiro atoms. The lowest BCUT2D eigenvalue weighted by molar-refractivity contribution is 0.0809. The number of nitrogens with two attached hydrogens (primary N) is 1. The average Bonchev–Trinajstić information content (AvgIpc) is 2.65. The highest BCUT2D eigenvalue weighted by Gasteiger charge is 2.49. The third-order valence-electron chi connectivity index (χ3n) is 5.22. The largest absolute Gasteiger partial charge is 0.330 e. The van der Waals surface area contributed by atoms with Crippen molar-refractivity contribution in [2.45, 2.75) is 64.7 Å². The molecule has 0 aromatic heterocycles. The van der Waals surface area contributed by atoms with Crippen LogP contribution in [-0.4, -0.2) is 6.54 Å². The van der Waals surface area contributed by atoms with Crippen LogP contribution in [0.4, 0.5) is 0 Å². The first-order valence-corrected chi connectivity index (χ1v) is 7.03. The van der Waals surface area contributed by atoms with Gasteiger partial charge in [-0.05, 0) is 55.9 Å². The van der Waals surface area contributed by atoms with Gasteiger partial charge in [-0.2, -0.15) is 0 Å². The minimum absolute atomic E-state index is 0.577. The molecule has 2 fully saturated rings. The number of unbranched alkanes of at least 4 members (excludes halogenated alkanes) is 1. The molecular weight excluding hydrogens is 182 g/mol. The van der Waals surface area contributed by atoms with Gasteiger partial charge < -0.3 is 5.73 Å². The van der Waals surface area contributed by atoms with Crippen molar-refractivity contribution in [3.63, 3.8) is 0 Å². The number of fused-ring (bicyclic) bond motifs is 1. The Kier molecular flexibility index (Phi) is 3.71. The van der Waals surface area contributed by atoms with Gasteiger partial charge in [-0.15, -0.1) is 0 Å². The fourth-order valence-electron chi connectivity index (χ4n) is 4.31. The Morgan fingerprint density at radius 1 is 1.20 bits per heavy atom. The zero-order valence-electron chi connectivity index (χ0n) is 10.3. The van der Waals surface area contributed by atoms with Crippen molar-refractivity contribution < 1.29 is 0 Å². The van der Waals surface area contributed by atoms with Gasteiger partial charge in [-0.3, -0.25) is 0 Å². The maximum atomic E-state index is 6.14. The zero-order valence-corrected chi connectivity index (χ0v) is 10.3. The highest BCUT2D eigenvalue weighted by molar-refractivity contribution is 5.00. The monoisotopic (exact) mass is 209 g/mol. The molecule has 0 aliphatic heterocycles. The number of hydrogen-bond acceptors (Lipinski definition) is 1. The van der Waals surface area contributed by atoms with E-state index in [1.54, 1.807) is 0 Å². The van der Waals surface area contributed by atoms with E-state index >= 15 is 0 Å². The molecule has 3 unspecified atom stereocenters. The van der Waals surface area contributed by atoms with Crippen LogP contribution in [0.15, 0.2) is 0 Å². The molecular formula is C14H27N. The van der Waals surface area contributed by atoms with Gasteiger partial charge in [0, 0.05) is 0 Å². The van der Waals surface area contributed by atoms with Crippen LogP contribution < -0.4 is 5.73 Å². The molecule has 2 aliphatic carbocycles. The fraction of sp³-hybridized carbons (Fsp3) is 1.00. The van der Waals surface area contributed by atoms with E-state index in [-0.39, 0.29) is 0 Å². The molecule has 0 saturated heterocycles. The van der Waals surface area contributed by atoms with Crippen LogP contribution in [-0.2, 0) is 0 Å². The van der Waals surface area contributed by atoms with Gasteiger partial charge in [-0.25, -0.2) is 0 Å². The summed E-state index contributed by atoms with van der Waals surface area (Å²) in [7, 11) is 0. The van der Waals surface area contributed by atoms with Crippen molar-refractivity contribution in [1.82, 2.24) is 0 Å². The summed E-state index contributed by atoms with van der Waals surface area (Å²) < 4.78 is 0. The molecule has 2 rings (SSSR count). The minimum Gasteiger partial charge on any atom is -0.330 e. The second kappa shape index (κ2) is 4.86. The normalized spacial score (nSPS) is 40.4. The highest BCUT2D eigenvalue weighted by Crippen LogP contribution is 2.56. The smallest absolute Gasteiger partial charge is 0.00152 e. The molecule has 0 aromatic rings. The SMILES string of the molecule is CCCCC1CCC2CCCCC12CN. The van der Waals surface area contributed by atoms with Crippen molar-refractivity contribution >= 4 is 0 Å². The van der Waals surface area contributed by atoms with E-state index < -0.39 is 0 Å². The van der Waals surface area contributed by atoms with E-state index in [1.807, 2.05) is 0 Å². The van der Waals surface area contributed by atoms with E-state index in [0.717, 1.165) is 18.4 Å². The van der Waals surface area contributed by atoms with E-state index in [4.69, 9.17) is 5.73 Å². The molecule has 0 amide bonds. The maximum Gasteiger partial charge on any atom is -0.00152 e. The van der Waals surface area contributed by atoms with Crippen LogP contribution >= 0.6 is 0 Å². The molecule has 2 aliphatic rings. The Hall–Kier alpha value is -0.0400. The van der Waals surface area contributed by atoms with Crippen molar-refractivity contribution in [2.75, 3.05) is 6.54 Å². The van der Waals surface area contributed by atoms with Crippen LogP contribution in [0.3, 0.4) is 0 Å². The lowest BCUT2D eigenvalue weighted by atomic mass is 9.63. The molecule has 15 heavy (non-hydrogen) atoms. The third kappa shape index (κ3) is 1.95. The Morgan fingerprint density at radius 3 is 2.80 bits per heavy atom. The Morgan fingerprint density at radius 2 is 2.07 bits per heavy atom. The minimum atomic E-state index is 0.577. The summed E-state index contributed by atoms with van der Waals surface area (Å²) >= 11 is 0. The van der Waals surface area contributed by atoms with Gasteiger partial charge in [0.1, 0.15) is 0 Å². The molecule has 0 aromatic carbocycles. The first-order valence-electron chi connectivity index (χ1n) is 7.03. The van der Waals surface area contributed by atoms with Crippen LogP contribution in [0, 0.1) is 17.3 Å². The van der Waals surface area contributed by atoms with E-state index in [0.29, 0.717) is 5.41 Å². The zero-order chi connectivity index (χ0) is 10.7. The summed E-state index contributed by atoms with van der Waals surface area (Å²) in [5.74, 6) is 1.95. The molecule has 0 radical (unpaired) electrons. The number of rotatable bonds is 4. The molecule has 1 heteroatoms. The van der Waals surface area contributed by atoms with Crippen LogP contribution in [0.1, 0.15) is 64.7 Å². The van der Waals surface area contributed by atoms with Crippen LogP contribution in [0.5, 0.6) is 0 Å². The molecule has 0 heterocycles. The summed E-state index contributed by atoms with van der Waals surface area (Å²) in [5.41, 5.74) is 6.72. The van der Waals surface area contributed by atoms with Gasteiger partial charge in [0.15, 0.2) is 0 Å². The van der Waals surface area contributed by atoms with Gasteiger partial charge in [0.05, 0.1) is 0 Å². The first-order chi connectivity index (χ1) is 7.33. The molecule has 1 nitrogen and oxygen atoms in total. The molecule has 2 saturated carbocycles. The summed E-state index contributed by atoms with van der Waals surface area (Å²) in [6.45, 7) is 3.27. The average molecular weight is 209 g/mol. The Labute approximate surface area is 94.8 Å². The van der Waals surface area contributed by atoms with Crippen molar-refractivity contribution in [1.29, 1.82) is 0 Å². The van der Waals surface area contributed by atoms with Gasteiger partial charge in [0.2, 0.25) is 0 Å². The second-order valence-corrected chi connectivity index (χ2v) is 5.80. The van der Waals surface area contributed by atoms with Gasteiger partial charge in [-0.1, -0.05) is 32.6 Å². The Balaban J connectivity index is 2.04. The van der Waals surface area contributed by atoms with Gasteiger partial charge >= 0.3 is 0 Å². The lowest BCUT2D eigenvalue weighted by Crippen LogP contribution is -2.41. The molecule has 2 N–H and O–H groups in total. The predicted molar refractivity (Wildman–Crippen MR) is 65.7 cm³/mol. The molecule has 0 bridgehead atoms. The van der Waals surface area contributed by atoms with E-state index in [2.05, 4.69) is 6.92 Å². The fourth-order valence-corrected chi connectivity index (χ4v) is 4.31. The molecule has 3 atom stereocenters. The third-order valence-corrected chi connectivity index (χ3v) is 5.22. The summed E-state index contributed by atoms with van der Waals surface area (Å²) in [5, 5.41) is 0. The lowest BCUT2D eigenvalue weighted by Gasteiger charge is -2.43.